The first-order valence-electron chi connectivity index (χ1n) is 7.94. The number of furan rings is 1. The zero-order chi connectivity index (χ0) is 18.2. The molecule has 3 amide bonds. The number of anilines is 1. The third kappa shape index (κ3) is 5.80. The quantitative estimate of drug-likeness (QED) is 0.714. The molecule has 1 heterocycles. The Morgan fingerprint density at radius 1 is 1.00 bits per heavy atom. The third-order valence-corrected chi connectivity index (χ3v) is 3.44. The van der Waals surface area contributed by atoms with Crippen molar-refractivity contribution in [3.8, 4) is 0 Å². The molecule has 3 N–H and O–H groups in total. The maximum Gasteiger partial charge on any atom is 0.287 e. The molecule has 0 saturated carbocycles. The number of hydrogen-bond acceptors (Lipinski definition) is 4. The first kappa shape index (κ1) is 18.3. The molecule has 0 aliphatic carbocycles. The minimum atomic E-state index is -0.491. The fraction of sp³-hybridized carbons (Fsp3) is 0.278. The van der Waals surface area contributed by atoms with Crippen molar-refractivity contribution >= 4 is 23.4 Å². The van der Waals surface area contributed by atoms with Crippen LogP contribution < -0.4 is 16.0 Å². The Hall–Kier alpha value is -3.09. The summed E-state index contributed by atoms with van der Waals surface area (Å²) >= 11 is 0. The van der Waals surface area contributed by atoms with Crippen LogP contribution >= 0.6 is 0 Å². The lowest BCUT2D eigenvalue weighted by Gasteiger charge is -2.10. The Labute approximate surface area is 145 Å². The van der Waals surface area contributed by atoms with Crippen molar-refractivity contribution < 1.29 is 18.8 Å². The van der Waals surface area contributed by atoms with Crippen LogP contribution in [0.15, 0.2) is 47.1 Å². The van der Waals surface area contributed by atoms with Gasteiger partial charge >= 0.3 is 0 Å². The second-order valence-electron chi connectivity index (χ2n) is 5.77. The lowest BCUT2D eigenvalue weighted by Crippen LogP contribution is -2.40. The van der Waals surface area contributed by atoms with Gasteiger partial charge in [-0.1, -0.05) is 26.0 Å². The lowest BCUT2D eigenvalue weighted by atomic mass is 10.0. The predicted octanol–water partition coefficient (Wildman–Crippen LogP) is 1.89. The third-order valence-electron chi connectivity index (χ3n) is 3.44. The highest BCUT2D eigenvalue weighted by Gasteiger charge is 2.11. The maximum absolute atomic E-state index is 11.9. The van der Waals surface area contributed by atoms with Gasteiger partial charge in [-0.05, 0) is 35.7 Å². The number of nitrogens with one attached hydrogen (secondary N) is 3. The highest BCUT2D eigenvalue weighted by molar-refractivity contribution is 5.96. The van der Waals surface area contributed by atoms with Gasteiger partial charge in [-0.25, -0.2) is 0 Å². The fourth-order valence-electron chi connectivity index (χ4n) is 2.08. The van der Waals surface area contributed by atoms with E-state index in [9.17, 15) is 14.4 Å². The molecule has 25 heavy (non-hydrogen) atoms. The molecule has 1 aromatic carbocycles. The Kier molecular flexibility index (Phi) is 6.33. The van der Waals surface area contributed by atoms with Crippen LogP contribution in [0.25, 0.3) is 0 Å². The minimum absolute atomic E-state index is 0.121. The zero-order valence-electron chi connectivity index (χ0n) is 14.2. The van der Waals surface area contributed by atoms with Crippen molar-refractivity contribution in [2.75, 3.05) is 18.4 Å². The van der Waals surface area contributed by atoms with Crippen molar-refractivity contribution in [2.45, 2.75) is 19.8 Å². The lowest BCUT2D eigenvalue weighted by molar-refractivity contribution is -0.123. The van der Waals surface area contributed by atoms with Gasteiger partial charge in [0, 0.05) is 5.69 Å². The molecule has 7 heteroatoms. The van der Waals surface area contributed by atoms with Crippen LogP contribution in [-0.2, 0) is 9.59 Å². The molecule has 2 rings (SSSR count). The summed E-state index contributed by atoms with van der Waals surface area (Å²) < 4.78 is 4.91. The molecule has 2 aromatic rings. The van der Waals surface area contributed by atoms with E-state index in [-0.39, 0.29) is 24.8 Å². The van der Waals surface area contributed by atoms with E-state index in [1.165, 1.54) is 12.3 Å². The summed E-state index contributed by atoms with van der Waals surface area (Å²) in [5.74, 6) is -0.822. The largest absolute Gasteiger partial charge is 0.459 e. The Balaban J connectivity index is 1.73. The Morgan fingerprint density at radius 2 is 1.76 bits per heavy atom. The molecule has 0 bridgehead atoms. The van der Waals surface area contributed by atoms with Crippen LogP contribution in [0.5, 0.6) is 0 Å². The van der Waals surface area contributed by atoms with Crippen LogP contribution in [-0.4, -0.2) is 30.8 Å². The van der Waals surface area contributed by atoms with E-state index in [1.54, 1.807) is 12.1 Å². The molecule has 0 aliphatic rings. The van der Waals surface area contributed by atoms with Gasteiger partial charge in [0.2, 0.25) is 11.8 Å². The smallest absolute Gasteiger partial charge is 0.287 e. The van der Waals surface area contributed by atoms with Gasteiger partial charge in [0.05, 0.1) is 19.4 Å². The highest BCUT2D eigenvalue weighted by atomic mass is 16.3. The normalized spacial score (nSPS) is 10.4. The molecule has 1 aromatic heterocycles. The van der Waals surface area contributed by atoms with Crippen LogP contribution in [0.2, 0.25) is 0 Å². The van der Waals surface area contributed by atoms with Crippen LogP contribution in [0.4, 0.5) is 5.69 Å². The van der Waals surface area contributed by atoms with E-state index in [0.717, 1.165) is 5.56 Å². The number of amides is 3. The molecule has 0 unspecified atom stereocenters. The van der Waals surface area contributed by atoms with Crippen molar-refractivity contribution in [1.29, 1.82) is 0 Å². The maximum atomic E-state index is 11.9. The Morgan fingerprint density at radius 3 is 2.44 bits per heavy atom. The van der Waals surface area contributed by atoms with Crippen LogP contribution in [0.3, 0.4) is 0 Å². The average molecular weight is 343 g/mol. The topological polar surface area (TPSA) is 100 Å². The molecule has 0 fully saturated rings. The van der Waals surface area contributed by atoms with Crippen LogP contribution in [0.1, 0.15) is 35.9 Å². The number of carbonyl (C=O) groups is 3. The van der Waals surface area contributed by atoms with Gasteiger partial charge in [-0.3, -0.25) is 14.4 Å². The summed E-state index contributed by atoms with van der Waals surface area (Å²) in [6.07, 6.45) is 1.37. The first-order valence-corrected chi connectivity index (χ1v) is 7.94. The van der Waals surface area contributed by atoms with E-state index in [4.69, 9.17) is 4.42 Å². The van der Waals surface area contributed by atoms with Gasteiger partial charge in [-0.2, -0.15) is 0 Å². The van der Waals surface area contributed by atoms with Crippen molar-refractivity contribution in [3.63, 3.8) is 0 Å². The summed E-state index contributed by atoms with van der Waals surface area (Å²) in [6, 6.07) is 10.6. The predicted molar refractivity (Wildman–Crippen MR) is 93.2 cm³/mol. The monoisotopic (exact) mass is 343 g/mol. The molecule has 0 aliphatic heterocycles. The molecule has 0 atom stereocenters. The number of benzene rings is 1. The highest BCUT2D eigenvalue weighted by Crippen LogP contribution is 2.18. The van der Waals surface area contributed by atoms with Crippen molar-refractivity contribution in [1.82, 2.24) is 10.6 Å². The van der Waals surface area contributed by atoms with Gasteiger partial charge in [-0.15, -0.1) is 0 Å². The van der Waals surface area contributed by atoms with E-state index < -0.39 is 11.8 Å². The van der Waals surface area contributed by atoms with Crippen molar-refractivity contribution in [3.05, 3.63) is 54.0 Å². The number of hydrogen-bond donors (Lipinski definition) is 3. The van der Waals surface area contributed by atoms with Crippen molar-refractivity contribution in [2.24, 2.45) is 0 Å². The molecule has 7 nitrogen and oxygen atoms in total. The second-order valence-corrected chi connectivity index (χ2v) is 5.77. The summed E-state index contributed by atoms with van der Waals surface area (Å²) in [5, 5.41) is 7.57. The van der Waals surface area contributed by atoms with E-state index in [2.05, 4.69) is 29.8 Å². The average Bonchev–Trinajstić information content (AvgIpc) is 3.12. The molecule has 0 spiro atoms. The minimum Gasteiger partial charge on any atom is -0.459 e. The molecule has 132 valence electrons. The number of carbonyl (C=O) groups excluding carboxylic acids is 3. The van der Waals surface area contributed by atoms with Crippen LogP contribution in [0, 0.1) is 0 Å². The van der Waals surface area contributed by atoms with Gasteiger partial charge in [0.1, 0.15) is 0 Å². The van der Waals surface area contributed by atoms with E-state index in [0.29, 0.717) is 11.6 Å². The van der Waals surface area contributed by atoms with E-state index >= 15 is 0 Å². The molecule has 0 radical (unpaired) electrons. The second kappa shape index (κ2) is 8.68. The van der Waals surface area contributed by atoms with Gasteiger partial charge in [0.15, 0.2) is 5.76 Å². The standard InChI is InChI=1S/C18H21N3O4/c1-12(2)13-5-3-6-14(9-13)21-17(23)11-19-16(22)10-20-18(24)15-7-4-8-25-15/h3-9,12H,10-11H2,1-2H3,(H,19,22)(H,20,24)(H,21,23). The van der Waals surface area contributed by atoms with Gasteiger partial charge in [0.25, 0.3) is 5.91 Å². The fourth-order valence-corrected chi connectivity index (χ4v) is 2.08. The first-order chi connectivity index (χ1) is 12.0. The van der Waals surface area contributed by atoms with E-state index in [1.807, 2.05) is 18.2 Å². The summed E-state index contributed by atoms with van der Waals surface area (Å²) in [6.45, 7) is 3.72. The molecular weight excluding hydrogens is 322 g/mol. The summed E-state index contributed by atoms with van der Waals surface area (Å²) in [5.41, 5.74) is 1.79. The molecular formula is C18H21N3O4. The summed E-state index contributed by atoms with van der Waals surface area (Å²) in [4.78, 5) is 35.2. The zero-order valence-corrected chi connectivity index (χ0v) is 14.2. The van der Waals surface area contributed by atoms with Gasteiger partial charge < -0.3 is 20.4 Å². The summed E-state index contributed by atoms with van der Waals surface area (Å²) in [7, 11) is 0. The molecule has 0 saturated heterocycles. The Bertz CT molecular complexity index is 739. The number of rotatable bonds is 7. The SMILES string of the molecule is CC(C)c1cccc(NC(=O)CNC(=O)CNC(=O)c2ccco2)c1.